The second kappa shape index (κ2) is 3.39. The molecule has 0 saturated carbocycles. The van der Waals surface area contributed by atoms with Crippen molar-refractivity contribution in [1.82, 2.24) is 5.32 Å². The second-order valence-electron chi connectivity index (χ2n) is 2.45. The lowest BCUT2D eigenvalue weighted by Gasteiger charge is -2.06. The highest BCUT2D eigenvalue weighted by molar-refractivity contribution is 5.13. The molecule has 0 radical (unpaired) electrons. The van der Waals surface area contributed by atoms with Crippen molar-refractivity contribution < 1.29 is 4.42 Å². The topological polar surface area (TPSA) is 25.2 Å². The second-order valence-corrected chi connectivity index (χ2v) is 2.45. The summed E-state index contributed by atoms with van der Waals surface area (Å²) in [7, 11) is 1.88. The van der Waals surface area contributed by atoms with Crippen LogP contribution in [0.4, 0.5) is 0 Å². The van der Waals surface area contributed by atoms with Crippen molar-refractivity contribution >= 4 is 0 Å². The summed E-state index contributed by atoms with van der Waals surface area (Å²) in [5, 5.41) is 3.07. The first-order valence-electron chi connectivity index (χ1n) is 3.64. The van der Waals surface area contributed by atoms with Crippen LogP contribution in [0.1, 0.15) is 17.6 Å². The Bertz CT molecular complexity index is 239. The lowest BCUT2D eigenvalue weighted by atomic mass is 10.2. The highest BCUT2D eigenvalue weighted by atomic mass is 16.3. The molecule has 1 rings (SSSR count). The van der Waals surface area contributed by atoms with Crippen LogP contribution < -0.4 is 5.32 Å². The number of rotatable bonds is 3. The number of furan rings is 1. The Morgan fingerprint density at radius 2 is 2.36 bits per heavy atom. The zero-order valence-corrected chi connectivity index (χ0v) is 6.92. The van der Waals surface area contributed by atoms with Crippen LogP contribution in [0.25, 0.3) is 0 Å². The SMILES string of the molecule is C=CC(NC)c1ccc(C)o1. The molecule has 60 valence electrons. The molecule has 1 unspecified atom stereocenters. The van der Waals surface area contributed by atoms with Gasteiger partial charge in [0, 0.05) is 0 Å². The molecule has 0 aliphatic heterocycles. The molecule has 0 aliphatic rings. The van der Waals surface area contributed by atoms with E-state index in [9.17, 15) is 0 Å². The van der Waals surface area contributed by atoms with Crippen molar-refractivity contribution in [2.75, 3.05) is 7.05 Å². The molecule has 0 saturated heterocycles. The average Bonchev–Trinajstić information content (AvgIpc) is 2.39. The van der Waals surface area contributed by atoms with Gasteiger partial charge in [0.2, 0.25) is 0 Å². The molecule has 0 aliphatic carbocycles. The molecule has 11 heavy (non-hydrogen) atoms. The quantitative estimate of drug-likeness (QED) is 0.669. The van der Waals surface area contributed by atoms with Gasteiger partial charge in [0.15, 0.2) is 0 Å². The standard InChI is InChI=1S/C9H13NO/c1-4-8(10-3)9-6-5-7(2)11-9/h4-6,8,10H,1H2,2-3H3. The van der Waals surface area contributed by atoms with E-state index in [1.807, 2.05) is 32.2 Å². The third kappa shape index (κ3) is 1.71. The van der Waals surface area contributed by atoms with Gasteiger partial charge in [0.25, 0.3) is 0 Å². The largest absolute Gasteiger partial charge is 0.464 e. The molecule has 1 heterocycles. The predicted octanol–water partition coefficient (Wildman–Crippen LogP) is 2.03. The molecule has 0 amide bonds. The Kier molecular flexibility index (Phi) is 2.49. The third-order valence-corrected chi connectivity index (χ3v) is 1.61. The van der Waals surface area contributed by atoms with Gasteiger partial charge in [-0.05, 0) is 26.1 Å². The van der Waals surface area contributed by atoms with E-state index in [0.717, 1.165) is 11.5 Å². The molecule has 1 N–H and O–H groups in total. The smallest absolute Gasteiger partial charge is 0.124 e. The van der Waals surface area contributed by atoms with Crippen LogP contribution in [0.15, 0.2) is 29.2 Å². The van der Waals surface area contributed by atoms with Gasteiger partial charge in [0.05, 0.1) is 6.04 Å². The van der Waals surface area contributed by atoms with Crippen molar-refractivity contribution in [2.24, 2.45) is 0 Å². The van der Waals surface area contributed by atoms with Crippen molar-refractivity contribution in [3.63, 3.8) is 0 Å². The number of hydrogen-bond donors (Lipinski definition) is 1. The maximum absolute atomic E-state index is 5.39. The van der Waals surface area contributed by atoms with E-state index in [1.54, 1.807) is 0 Å². The van der Waals surface area contributed by atoms with E-state index >= 15 is 0 Å². The Morgan fingerprint density at radius 3 is 2.73 bits per heavy atom. The summed E-state index contributed by atoms with van der Waals surface area (Å²) >= 11 is 0. The van der Waals surface area contributed by atoms with Crippen molar-refractivity contribution in [2.45, 2.75) is 13.0 Å². The fraction of sp³-hybridized carbons (Fsp3) is 0.333. The molecule has 0 aromatic carbocycles. The number of nitrogens with one attached hydrogen (secondary N) is 1. The van der Waals surface area contributed by atoms with Gasteiger partial charge >= 0.3 is 0 Å². The fourth-order valence-electron chi connectivity index (χ4n) is 0.997. The number of likely N-dealkylation sites (N-methyl/N-ethyl adjacent to an activating group) is 1. The summed E-state index contributed by atoms with van der Waals surface area (Å²) in [6.07, 6.45) is 1.82. The highest BCUT2D eigenvalue weighted by Crippen LogP contribution is 2.15. The van der Waals surface area contributed by atoms with Crippen LogP contribution in [0.5, 0.6) is 0 Å². The summed E-state index contributed by atoms with van der Waals surface area (Å²) in [6, 6.07) is 4.03. The average molecular weight is 151 g/mol. The maximum Gasteiger partial charge on any atom is 0.124 e. The van der Waals surface area contributed by atoms with Crippen molar-refractivity contribution in [3.8, 4) is 0 Å². The molecule has 2 nitrogen and oxygen atoms in total. The molecule has 0 spiro atoms. The normalized spacial score (nSPS) is 12.9. The van der Waals surface area contributed by atoms with Gasteiger partial charge in [-0.2, -0.15) is 0 Å². The minimum Gasteiger partial charge on any atom is -0.464 e. The highest BCUT2D eigenvalue weighted by Gasteiger charge is 2.07. The van der Waals surface area contributed by atoms with E-state index in [2.05, 4.69) is 11.9 Å². The first-order valence-corrected chi connectivity index (χ1v) is 3.64. The molecule has 0 bridgehead atoms. The zero-order chi connectivity index (χ0) is 8.27. The van der Waals surface area contributed by atoms with Gasteiger partial charge in [0.1, 0.15) is 11.5 Å². The van der Waals surface area contributed by atoms with E-state index in [-0.39, 0.29) is 6.04 Å². The van der Waals surface area contributed by atoms with Crippen LogP contribution in [0.3, 0.4) is 0 Å². The van der Waals surface area contributed by atoms with Crippen molar-refractivity contribution in [1.29, 1.82) is 0 Å². The minimum atomic E-state index is 0.128. The molecular weight excluding hydrogens is 138 g/mol. The van der Waals surface area contributed by atoms with E-state index in [0.29, 0.717) is 0 Å². The van der Waals surface area contributed by atoms with Crippen molar-refractivity contribution in [3.05, 3.63) is 36.3 Å². The first-order chi connectivity index (χ1) is 5.27. The summed E-state index contributed by atoms with van der Waals surface area (Å²) in [5.74, 6) is 1.85. The minimum absolute atomic E-state index is 0.128. The van der Waals surface area contributed by atoms with Crippen LogP contribution in [-0.4, -0.2) is 7.05 Å². The summed E-state index contributed by atoms with van der Waals surface area (Å²) in [5.41, 5.74) is 0. The maximum atomic E-state index is 5.39. The van der Waals surface area contributed by atoms with Gasteiger partial charge in [-0.15, -0.1) is 6.58 Å². The van der Waals surface area contributed by atoms with E-state index in [4.69, 9.17) is 4.42 Å². The van der Waals surface area contributed by atoms with Gasteiger partial charge in [-0.1, -0.05) is 6.08 Å². The molecule has 2 heteroatoms. The Balaban J connectivity index is 2.81. The lowest BCUT2D eigenvalue weighted by Crippen LogP contribution is -2.12. The third-order valence-electron chi connectivity index (χ3n) is 1.61. The van der Waals surface area contributed by atoms with E-state index in [1.165, 1.54) is 0 Å². The van der Waals surface area contributed by atoms with Crippen LogP contribution >= 0.6 is 0 Å². The molecular formula is C9H13NO. The fourth-order valence-corrected chi connectivity index (χ4v) is 0.997. The van der Waals surface area contributed by atoms with Gasteiger partial charge < -0.3 is 9.73 Å². The molecule has 1 aromatic rings. The van der Waals surface area contributed by atoms with Gasteiger partial charge in [-0.3, -0.25) is 0 Å². The summed E-state index contributed by atoms with van der Waals surface area (Å²) in [6.45, 7) is 5.62. The Labute approximate surface area is 66.9 Å². The zero-order valence-electron chi connectivity index (χ0n) is 6.92. The van der Waals surface area contributed by atoms with Gasteiger partial charge in [-0.25, -0.2) is 0 Å². The summed E-state index contributed by atoms with van der Waals surface area (Å²) < 4.78 is 5.39. The van der Waals surface area contributed by atoms with Crippen LogP contribution in [0, 0.1) is 6.92 Å². The molecule has 1 atom stereocenters. The van der Waals surface area contributed by atoms with Crippen LogP contribution in [0.2, 0.25) is 0 Å². The predicted molar refractivity (Wildman–Crippen MR) is 45.4 cm³/mol. The number of aryl methyl sites for hydroxylation is 1. The molecule has 0 fully saturated rings. The Morgan fingerprint density at radius 1 is 1.64 bits per heavy atom. The molecule has 1 aromatic heterocycles. The lowest BCUT2D eigenvalue weighted by molar-refractivity contribution is 0.449. The van der Waals surface area contributed by atoms with Crippen LogP contribution in [-0.2, 0) is 0 Å². The first kappa shape index (κ1) is 8.08. The number of hydrogen-bond acceptors (Lipinski definition) is 2. The summed E-state index contributed by atoms with van der Waals surface area (Å²) in [4.78, 5) is 0. The monoisotopic (exact) mass is 151 g/mol. The Hall–Kier alpha value is -1.02. The van der Waals surface area contributed by atoms with E-state index < -0.39 is 0 Å².